The average molecular weight is 462 g/mol. The van der Waals surface area contributed by atoms with Crippen molar-refractivity contribution in [2.75, 3.05) is 7.11 Å². The molecule has 0 aromatic heterocycles. The Morgan fingerprint density at radius 1 is 0.793 bits per heavy atom. The first kappa shape index (κ1) is 51.3. The van der Waals surface area contributed by atoms with Gasteiger partial charge < -0.3 is 9.47 Å². The first-order valence-electron chi connectivity index (χ1n) is 8.10. The first-order valence-corrected chi connectivity index (χ1v) is 8.10. The van der Waals surface area contributed by atoms with Crippen molar-refractivity contribution < 1.29 is 37.6 Å². The summed E-state index contributed by atoms with van der Waals surface area (Å²) < 4.78 is 10.6. The maximum Gasteiger partial charge on any atom is 0.312 e. The molecule has 5 heteroatoms. The zero-order chi connectivity index (χ0) is 17.9. The molecule has 1 radical (unpaired) electrons. The van der Waals surface area contributed by atoms with E-state index in [1.165, 1.54) is 14.0 Å². The minimum absolute atomic E-state index is 0. The second-order valence-electron chi connectivity index (χ2n) is 7.58. The summed E-state index contributed by atoms with van der Waals surface area (Å²) in [7, 11) is 1.42. The average Bonchev–Trinajstić information content (AvgIpc) is 2.41. The fraction of sp³-hybridized carbons (Fsp3) is 0.917. The van der Waals surface area contributed by atoms with E-state index in [0.29, 0.717) is 11.8 Å². The number of carbonyl (C=O) groups is 2. The molecule has 4 nitrogen and oxygen atoms in total. The summed E-state index contributed by atoms with van der Waals surface area (Å²) in [6, 6.07) is 0. The van der Waals surface area contributed by atoms with E-state index in [0.717, 1.165) is 0 Å². The van der Waals surface area contributed by atoms with E-state index in [9.17, 15) is 9.59 Å². The minimum atomic E-state index is -0.750. The Kier molecular flexibility index (Phi) is 34.5. The molecule has 0 aliphatic carbocycles. The molecule has 0 N–H and O–H groups in total. The van der Waals surface area contributed by atoms with Crippen LogP contribution in [0.1, 0.15) is 107 Å². The Labute approximate surface area is 198 Å². The number of carbonyl (C=O) groups excluding carboxylic acids is 2. The van der Waals surface area contributed by atoms with Crippen molar-refractivity contribution in [3.05, 3.63) is 0 Å². The van der Waals surface area contributed by atoms with Crippen LogP contribution < -0.4 is 0 Å². The van der Waals surface area contributed by atoms with Crippen molar-refractivity contribution in [3.8, 4) is 0 Å². The van der Waals surface area contributed by atoms with Gasteiger partial charge in [0.25, 0.3) is 0 Å². The second-order valence-corrected chi connectivity index (χ2v) is 7.58. The van der Waals surface area contributed by atoms with Gasteiger partial charge in [0.2, 0.25) is 0 Å². The summed E-state index contributed by atoms with van der Waals surface area (Å²) >= 11 is 0. The van der Waals surface area contributed by atoms with Gasteiger partial charge >= 0.3 is 11.9 Å². The van der Waals surface area contributed by atoms with E-state index in [-0.39, 0.29) is 86.9 Å². The monoisotopic (exact) mass is 461 g/mol. The van der Waals surface area contributed by atoms with Gasteiger partial charge in [-0.25, -0.2) is 0 Å². The molecule has 0 fully saturated rings. The summed E-state index contributed by atoms with van der Waals surface area (Å²) in [5.74, 6) is 0.0916. The molecule has 0 saturated heterocycles. The number of ether oxygens (including phenoxy) is 2. The molecule has 0 spiro atoms. The van der Waals surface area contributed by atoms with Gasteiger partial charge in [-0.3, -0.25) is 9.59 Å². The fourth-order valence-corrected chi connectivity index (χ4v) is 3.28. The van der Waals surface area contributed by atoms with E-state index < -0.39 is 11.0 Å². The molecule has 0 saturated carbocycles. The van der Waals surface area contributed by atoms with E-state index >= 15 is 0 Å². The van der Waals surface area contributed by atoms with Crippen LogP contribution in [0.3, 0.4) is 0 Å². The third kappa shape index (κ3) is 12.1. The molecule has 0 rings (SSSR count). The molecular weight excluding hydrogens is 403 g/mol. The van der Waals surface area contributed by atoms with Crippen LogP contribution in [0, 0.1) is 29.1 Å². The summed E-state index contributed by atoms with van der Waals surface area (Å²) in [5, 5.41) is 0. The summed E-state index contributed by atoms with van der Waals surface area (Å²) in [5.41, 5.74) is -1.49. The van der Waals surface area contributed by atoms with Crippen LogP contribution in [0.25, 0.3) is 0 Å². The van der Waals surface area contributed by atoms with Crippen molar-refractivity contribution in [2.45, 2.75) is 112 Å². The van der Waals surface area contributed by atoms with Crippen LogP contribution >= 0.6 is 0 Å². The van der Waals surface area contributed by atoms with Crippen molar-refractivity contribution >= 4 is 11.9 Å². The molecule has 0 aliphatic heterocycles. The molecule has 4 unspecified atom stereocenters. The molecule has 29 heavy (non-hydrogen) atoms. The maximum absolute atomic E-state index is 12.6. The molecule has 0 aromatic rings. The van der Waals surface area contributed by atoms with E-state index in [1.54, 1.807) is 0 Å². The largest absolute Gasteiger partial charge is 0.469 e. The Bertz CT molecular complexity index is 408. The van der Waals surface area contributed by atoms with Gasteiger partial charge in [0.05, 0.1) is 12.5 Å². The predicted molar refractivity (Wildman–Crippen MR) is 129 cm³/mol. The molecule has 0 aliphatic rings. The van der Waals surface area contributed by atoms with Crippen LogP contribution in [0.5, 0.6) is 0 Å². The molecule has 183 valence electrons. The number of hydrogen-bond acceptors (Lipinski definition) is 4. The van der Waals surface area contributed by atoms with Gasteiger partial charge in [-0.15, -0.1) is 0 Å². The zero-order valence-electron chi connectivity index (χ0n) is 16.4. The first-order chi connectivity index (χ1) is 9.82. The Hall–Kier alpha value is -0.476. The normalized spacial score (nSPS) is 14.4. The Morgan fingerprint density at radius 2 is 1.14 bits per heavy atom. The van der Waals surface area contributed by atoms with Crippen molar-refractivity contribution in [3.63, 3.8) is 0 Å². The standard InChI is InChI=1S/C18H34O4.6CH4.V/c1-11(2)12(3)13(4)18(9,16(20)21-10)14(5)17(7,8)22-15(6)19;;;;;;;/h11-14H,1-10H3;6*1H4;. The van der Waals surface area contributed by atoms with Crippen molar-refractivity contribution in [1.82, 2.24) is 0 Å². The molecule has 4 atom stereocenters. The quantitative estimate of drug-likeness (QED) is 0.362. The van der Waals surface area contributed by atoms with Gasteiger partial charge in [0.15, 0.2) is 0 Å². The molecular formula is C24H58O4V. The van der Waals surface area contributed by atoms with Crippen LogP contribution in [-0.2, 0) is 37.6 Å². The Morgan fingerprint density at radius 3 is 1.38 bits per heavy atom. The maximum atomic E-state index is 12.6. The van der Waals surface area contributed by atoms with Crippen LogP contribution in [-0.4, -0.2) is 24.6 Å². The summed E-state index contributed by atoms with van der Waals surface area (Å²) in [4.78, 5) is 24.0. The smallest absolute Gasteiger partial charge is 0.312 e. The Balaban J connectivity index is -0.000000105. The third-order valence-corrected chi connectivity index (χ3v) is 5.76. The molecule has 0 amide bonds. The van der Waals surface area contributed by atoms with E-state index in [2.05, 4.69) is 27.7 Å². The number of esters is 2. The SMILES string of the molecule is C.C.C.C.C.C.COC(=O)C(C)(C(C)C(C)C(C)C)C(C)C(C)(C)OC(C)=O.[V]. The van der Waals surface area contributed by atoms with Crippen LogP contribution in [0.15, 0.2) is 0 Å². The van der Waals surface area contributed by atoms with Gasteiger partial charge in [-0.2, -0.15) is 0 Å². The topological polar surface area (TPSA) is 52.6 Å². The number of hydrogen-bond donors (Lipinski definition) is 0. The van der Waals surface area contributed by atoms with Gasteiger partial charge in [-0.1, -0.05) is 79.2 Å². The van der Waals surface area contributed by atoms with Gasteiger partial charge in [0.1, 0.15) is 5.60 Å². The van der Waals surface area contributed by atoms with Crippen LogP contribution in [0.4, 0.5) is 0 Å². The number of rotatable bonds is 7. The molecule has 0 bridgehead atoms. The predicted octanol–water partition coefficient (Wildman–Crippen LogP) is 7.89. The number of methoxy groups -OCH3 is 1. The van der Waals surface area contributed by atoms with Crippen molar-refractivity contribution in [2.24, 2.45) is 29.1 Å². The summed E-state index contributed by atoms with van der Waals surface area (Å²) in [6.07, 6.45) is 0. The van der Waals surface area contributed by atoms with Gasteiger partial charge in [0, 0.05) is 31.4 Å². The van der Waals surface area contributed by atoms with E-state index in [1.807, 2.05) is 27.7 Å². The van der Waals surface area contributed by atoms with Crippen molar-refractivity contribution in [1.29, 1.82) is 0 Å². The van der Waals surface area contributed by atoms with Crippen LogP contribution in [0.2, 0.25) is 0 Å². The molecule has 0 aromatic carbocycles. The van der Waals surface area contributed by atoms with Gasteiger partial charge in [-0.05, 0) is 38.5 Å². The zero-order valence-corrected chi connectivity index (χ0v) is 17.8. The summed E-state index contributed by atoms with van der Waals surface area (Å²) in [6.45, 7) is 17.5. The molecule has 0 heterocycles. The second kappa shape index (κ2) is 19.5. The minimum Gasteiger partial charge on any atom is -0.469 e. The fourth-order valence-electron chi connectivity index (χ4n) is 3.28. The van der Waals surface area contributed by atoms with E-state index in [4.69, 9.17) is 9.47 Å². The third-order valence-electron chi connectivity index (χ3n) is 5.76.